The second-order valence-corrected chi connectivity index (χ2v) is 2.81. The molecule has 4 atom stereocenters. The highest BCUT2D eigenvalue weighted by molar-refractivity contribution is 7.80. The average molecular weight is 180 g/mol. The van der Waals surface area contributed by atoms with Crippen molar-refractivity contribution in [3.8, 4) is 0 Å². The second kappa shape index (κ2) is 3.73. The van der Waals surface area contributed by atoms with Crippen molar-refractivity contribution < 1.29 is 19.7 Å². The van der Waals surface area contributed by atoms with Gasteiger partial charge >= 0.3 is 0 Å². The molecule has 0 aromatic heterocycles. The predicted molar refractivity (Wildman–Crippen MR) is 41.5 cm³/mol. The lowest BCUT2D eigenvalue weighted by Crippen LogP contribution is -2.33. The molecule has 1 saturated heterocycles. The van der Waals surface area contributed by atoms with Crippen molar-refractivity contribution in [2.24, 2.45) is 0 Å². The van der Waals surface area contributed by atoms with Gasteiger partial charge in [0, 0.05) is 12.9 Å². The summed E-state index contributed by atoms with van der Waals surface area (Å²) in [5.74, 6) is 0.373. The lowest BCUT2D eigenvalue weighted by molar-refractivity contribution is -0.145. The number of ether oxygens (including phenoxy) is 2. The van der Waals surface area contributed by atoms with Crippen LogP contribution in [0.3, 0.4) is 0 Å². The van der Waals surface area contributed by atoms with Crippen molar-refractivity contribution in [3.05, 3.63) is 0 Å². The van der Waals surface area contributed by atoms with Crippen molar-refractivity contribution in [2.75, 3.05) is 12.9 Å². The first-order valence-electron chi connectivity index (χ1n) is 3.36. The van der Waals surface area contributed by atoms with Gasteiger partial charge in [-0.1, -0.05) is 0 Å². The molecule has 0 saturated carbocycles. The molecule has 5 heteroatoms. The average Bonchev–Trinajstić information content (AvgIpc) is 2.30. The van der Waals surface area contributed by atoms with E-state index in [1.165, 1.54) is 7.11 Å². The molecule has 1 rings (SSSR count). The van der Waals surface area contributed by atoms with Gasteiger partial charge in [0.1, 0.15) is 12.2 Å². The molecule has 0 unspecified atom stereocenters. The van der Waals surface area contributed by atoms with Crippen molar-refractivity contribution in [2.45, 2.75) is 24.6 Å². The van der Waals surface area contributed by atoms with Crippen LogP contribution in [0.15, 0.2) is 0 Å². The molecule has 1 fully saturated rings. The molecule has 1 heterocycles. The molecule has 1 aliphatic heterocycles. The molecule has 1 aliphatic rings. The minimum atomic E-state index is -0.961. The number of thiol groups is 1. The van der Waals surface area contributed by atoms with Crippen LogP contribution in [0, 0.1) is 0 Å². The van der Waals surface area contributed by atoms with Crippen LogP contribution in [-0.4, -0.2) is 47.7 Å². The van der Waals surface area contributed by atoms with E-state index in [0.717, 1.165) is 0 Å². The van der Waals surface area contributed by atoms with Crippen LogP contribution in [0.1, 0.15) is 0 Å². The number of rotatable bonds is 2. The van der Waals surface area contributed by atoms with E-state index in [4.69, 9.17) is 9.47 Å². The van der Waals surface area contributed by atoms with Crippen LogP contribution < -0.4 is 0 Å². The Hall–Kier alpha value is 0.190. The quantitative estimate of drug-likeness (QED) is 0.478. The molecule has 0 aromatic rings. The van der Waals surface area contributed by atoms with E-state index in [-0.39, 0.29) is 0 Å². The Morgan fingerprint density at radius 2 is 2.09 bits per heavy atom. The first-order chi connectivity index (χ1) is 5.20. The van der Waals surface area contributed by atoms with E-state index in [1.807, 2.05) is 0 Å². The fourth-order valence-electron chi connectivity index (χ4n) is 1.06. The lowest BCUT2D eigenvalue weighted by Gasteiger charge is -2.11. The van der Waals surface area contributed by atoms with Crippen molar-refractivity contribution in [3.63, 3.8) is 0 Å². The first-order valence-corrected chi connectivity index (χ1v) is 3.99. The first kappa shape index (κ1) is 9.28. The fraction of sp³-hybridized carbons (Fsp3) is 1.00. The number of methoxy groups -OCH3 is 1. The third-order valence-corrected chi connectivity index (χ3v) is 2.09. The van der Waals surface area contributed by atoms with Gasteiger partial charge in [0.2, 0.25) is 0 Å². The molecule has 2 N–H and O–H groups in total. The van der Waals surface area contributed by atoms with Crippen LogP contribution in [0.25, 0.3) is 0 Å². The molecular formula is C6H12O4S. The summed E-state index contributed by atoms with van der Waals surface area (Å²) in [7, 11) is 1.42. The van der Waals surface area contributed by atoms with E-state index in [1.54, 1.807) is 0 Å². The SMILES string of the molecule is CO[C@@H]1O[C@@H](CS)[C@H](O)[C@H]1O. The normalized spacial score (nSPS) is 44.7. The fourth-order valence-corrected chi connectivity index (χ4v) is 1.36. The van der Waals surface area contributed by atoms with Crippen LogP contribution in [0.2, 0.25) is 0 Å². The maximum atomic E-state index is 9.26. The van der Waals surface area contributed by atoms with E-state index in [0.29, 0.717) is 5.75 Å². The third kappa shape index (κ3) is 1.68. The van der Waals surface area contributed by atoms with Crippen molar-refractivity contribution >= 4 is 12.6 Å². The molecule has 0 aromatic carbocycles. The Kier molecular flexibility index (Phi) is 3.15. The Bertz CT molecular complexity index is 114. The van der Waals surface area contributed by atoms with E-state index in [2.05, 4.69) is 12.6 Å². The summed E-state index contributed by atoms with van der Waals surface area (Å²) >= 11 is 3.94. The molecule has 0 aliphatic carbocycles. The highest BCUT2D eigenvalue weighted by Gasteiger charge is 2.41. The zero-order valence-corrected chi connectivity index (χ0v) is 7.07. The summed E-state index contributed by atoms with van der Waals surface area (Å²) in [5.41, 5.74) is 0. The minimum absolute atomic E-state index is 0.373. The molecule has 0 amide bonds. The molecule has 66 valence electrons. The van der Waals surface area contributed by atoms with Gasteiger partial charge in [-0.25, -0.2) is 0 Å². The van der Waals surface area contributed by atoms with Gasteiger partial charge in [0.15, 0.2) is 6.29 Å². The zero-order valence-electron chi connectivity index (χ0n) is 6.17. The van der Waals surface area contributed by atoms with E-state index in [9.17, 15) is 10.2 Å². The monoisotopic (exact) mass is 180 g/mol. The Balaban J connectivity index is 2.53. The van der Waals surface area contributed by atoms with E-state index >= 15 is 0 Å². The molecular weight excluding hydrogens is 168 g/mol. The molecule has 4 nitrogen and oxygen atoms in total. The standard InChI is InChI=1S/C6H12O4S/c1-9-6-5(8)4(7)3(2-11)10-6/h3-8,11H,2H2,1H3/t3-,4-,5+,6+/m0/s1. The summed E-state index contributed by atoms with van der Waals surface area (Å²) in [6, 6.07) is 0. The molecule has 0 bridgehead atoms. The third-order valence-electron chi connectivity index (χ3n) is 1.73. The smallest absolute Gasteiger partial charge is 0.186 e. The minimum Gasteiger partial charge on any atom is -0.387 e. The van der Waals surface area contributed by atoms with E-state index < -0.39 is 24.6 Å². The number of hydrogen-bond acceptors (Lipinski definition) is 5. The maximum Gasteiger partial charge on any atom is 0.186 e. The number of aliphatic hydroxyl groups is 2. The highest BCUT2D eigenvalue weighted by atomic mass is 32.1. The largest absolute Gasteiger partial charge is 0.387 e. The van der Waals surface area contributed by atoms with Gasteiger partial charge < -0.3 is 19.7 Å². The predicted octanol–water partition coefficient (Wildman–Crippen LogP) is -0.991. The van der Waals surface area contributed by atoms with Gasteiger partial charge in [0.25, 0.3) is 0 Å². The number of hydrogen-bond donors (Lipinski definition) is 3. The summed E-state index contributed by atoms with van der Waals surface area (Å²) in [4.78, 5) is 0. The molecule has 0 radical (unpaired) electrons. The van der Waals surface area contributed by atoms with Crippen LogP contribution in [-0.2, 0) is 9.47 Å². The summed E-state index contributed by atoms with van der Waals surface area (Å²) in [6.07, 6.45) is -3.00. The lowest BCUT2D eigenvalue weighted by atomic mass is 10.2. The van der Waals surface area contributed by atoms with Gasteiger partial charge in [-0.15, -0.1) is 0 Å². The van der Waals surface area contributed by atoms with Gasteiger partial charge in [-0.3, -0.25) is 0 Å². The van der Waals surface area contributed by atoms with Gasteiger partial charge in [0.05, 0.1) is 6.10 Å². The highest BCUT2D eigenvalue weighted by Crippen LogP contribution is 2.22. The van der Waals surface area contributed by atoms with Gasteiger partial charge in [-0.05, 0) is 0 Å². The molecule has 11 heavy (non-hydrogen) atoms. The second-order valence-electron chi connectivity index (χ2n) is 2.44. The topological polar surface area (TPSA) is 58.9 Å². The Labute approximate surface area is 70.5 Å². The maximum absolute atomic E-state index is 9.26. The molecule has 0 spiro atoms. The summed E-state index contributed by atoms with van der Waals surface area (Å²) in [6.45, 7) is 0. The Morgan fingerprint density at radius 1 is 1.45 bits per heavy atom. The van der Waals surface area contributed by atoms with Gasteiger partial charge in [-0.2, -0.15) is 12.6 Å². The van der Waals surface area contributed by atoms with Crippen LogP contribution in [0.5, 0.6) is 0 Å². The van der Waals surface area contributed by atoms with Crippen LogP contribution in [0.4, 0.5) is 0 Å². The van der Waals surface area contributed by atoms with Crippen LogP contribution >= 0.6 is 12.6 Å². The number of aliphatic hydroxyl groups excluding tert-OH is 2. The Morgan fingerprint density at radius 3 is 2.36 bits per heavy atom. The summed E-state index contributed by atoms with van der Waals surface area (Å²) < 4.78 is 9.85. The summed E-state index contributed by atoms with van der Waals surface area (Å²) in [5, 5.41) is 18.5. The van der Waals surface area contributed by atoms with Crippen molar-refractivity contribution in [1.82, 2.24) is 0 Å². The van der Waals surface area contributed by atoms with Crippen molar-refractivity contribution in [1.29, 1.82) is 0 Å². The zero-order chi connectivity index (χ0) is 8.43.